The number of hydrogen-bond acceptors (Lipinski definition) is 1. The minimum absolute atomic E-state index is 0.193. The largest absolute Gasteiger partial charge is 0.378 e. The van der Waals surface area contributed by atoms with E-state index in [1.165, 1.54) is 43.8 Å². The number of ether oxygens (including phenoxy) is 1. The van der Waals surface area contributed by atoms with Gasteiger partial charge in [0.25, 0.3) is 0 Å². The lowest BCUT2D eigenvalue weighted by Gasteiger charge is -2.10. The van der Waals surface area contributed by atoms with Gasteiger partial charge in [-0.1, -0.05) is 91.0 Å². The van der Waals surface area contributed by atoms with Crippen molar-refractivity contribution in [3.8, 4) is 11.1 Å². The molecule has 4 aromatic carbocycles. The van der Waals surface area contributed by atoms with E-state index in [-0.39, 0.29) is 6.10 Å². The molecule has 0 aliphatic carbocycles. The Hall–Kier alpha value is -3.88. The molecule has 1 N–H and O–H groups in total. The third-order valence-corrected chi connectivity index (χ3v) is 6.84. The molecule has 0 aliphatic rings. The second kappa shape index (κ2) is 10.8. The number of fused-ring (bicyclic) bond motifs is 4. The molecule has 0 fully saturated rings. The number of aromatic amines is 1. The molecule has 36 heavy (non-hydrogen) atoms. The van der Waals surface area contributed by atoms with Crippen molar-refractivity contribution in [3.05, 3.63) is 114 Å². The highest BCUT2D eigenvalue weighted by atomic mass is 16.5. The summed E-state index contributed by atoms with van der Waals surface area (Å²) in [5.41, 5.74) is 7.14. The predicted molar refractivity (Wildman–Crippen MR) is 156 cm³/mol. The summed E-state index contributed by atoms with van der Waals surface area (Å²) in [4.78, 5) is 3.77. The summed E-state index contributed by atoms with van der Waals surface area (Å²) in [7, 11) is 0. The van der Waals surface area contributed by atoms with Crippen LogP contribution in [0.3, 0.4) is 0 Å². The van der Waals surface area contributed by atoms with E-state index in [1.54, 1.807) is 0 Å². The van der Waals surface area contributed by atoms with Gasteiger partial charge >= 0.3 is 0 Å². The van der Waals surface area contributed by atoms with Crippen molar-refractivity contribution in [2.24, 2.45) is 0 Å². The molecule has 0 saturated carbocycles. The molecule has 0 bridgehead atoms. The van der Waals surface area contributed by atoms with Crippen LogP contribution < -0.4 is 0 Å². The number of H-pyrrole nitrogens is 1. The third-order valence-electron chi connectivity index (χ3n) is 6.84. The zero-order valence-corrected chi connectivity index (χ0v) is 21.3. The van der Waals surface area contributed by atoms with Gasteiger partial charge in [0.15, 0.2) is 0 Å². The maximum atomic E-state index is 5.78. The average Bonchev–Trinajstić information content (AvgIpc) is 2.95. The SMILES string of the molecule is CCOC(C)C/C=C\c1c(C)c2cc(-c3ccccc3)ccc2[nH]c2ccccc2c2ccccc12. The molecule has 1 aromatic heterocycles. The number of benzene rings is 4. The van der Waals surface area contributed by atoms with Crippen LogP contribution in [0.25, 0.3) is 49.8 Å². The van der Waals surface area contributed by atoms with Gasteiger partial charge in [-0.25, -0.2) is 0 Å². The van der Waals surface area contributed by atoms with Crippen LogP contribution in [0.15, 0.2) is 103 Å². The van der Waals surface area contributed by atoms with Crippen LogP contribution in [0.5, 0.6) is 0 Å². The standard InChI is InChI=1S/C34H33NO/c1-4-36-24(2)13-12-19-28-25(3)32-23-27(26-14-6-5-7-15-26)21-22-34(32)35-33-20-11-10-18-31(33)30-17-9-8-16-29(28)30/h5-12,14-24,35H,4,13H2,1-3H3/b19-12-,28-25?. The number of hydrogen-bond donors (Lipinski definition) is 1. The lowest BCUT2D eigenvalue weighted by atomic mass is 9.96. The van der Waals surface area contributed by atoms with Gasteiger partial charge in [-0.3, -0.25) is 0 Å². The Morgan fingerprint density at radius 1 is 0.722 bits per heavy atom. The Morgan fingerprint density at radius 3 is 2.17 bits per heavy atom. The van der Waals surface area contributed by atoms with Crippen LogP contribution in [0.4, 0.5) is 0 Å². The van der Waals surface area contributed by atoms with Crippen molar-refractivity contribution < 1.29 is 4.74 Å². The van der Waals surface area contributed by atoms with E-state index in [9.17, 15) is 0 Å². The van der Waals surface area contributed by atoms with Crippen molar-refractivity contribution in [1.82, 2.24) is 4.98 Å². The molecule has 1 atom stereocenters. The van der Waals surface area contributed by atoms with Crippen molar-refractivity contribution in [3.63, 3.8) is 0 Å². The molecular formula is C34H33NO. The Balaban J connectivity index is 1.89. The fourth-order valence-corrected chi connectivity index (χ4v) is 4.99. The summed E-state index contributed by atoms with van der Waals surface area (Å²) in [6.45, 7) is 7.16. The van der Waals surface area contributed by atoms with Crippen LogP contribution in [-0.2, 0) is 4.74 Å². The lowest BCUT2D eigenvalue weighted by molar-refractivity contribution is 0.0788. The minimum Gasteiger partial charge on any atom is -0.378 e. The Morgan fingerprint density at radius 2 is 1.39 bits per heavy atom. The van der Waals surface area contributed by atoms with Crippen LogP contribution in [-0.4, -0.2) is 17.7 Å². The second-order valence-corrected chi connectivity index (χ2v) is 9.29. The molecule has 0 aliphatic heterocycles. The van der Waals surface area contributed by atoms with Crippen LogP contribution >= 0.6 is 0 Å². The summed E-state index contributed by atoms with van der Waals surface area (Å²) in [5.74, 6) is 0. The van der Waals surface area contributed by atoms with E-state index in [1.807, 2.05) is 6.92 Å². The first-order chi connectivity index (χ1) is 17.7. The maximum absolute atomic E-state index is 5.78. The maximum Gasteiger partial charge on any atom is 0.0581 e. The summed E-state index contributed by atoms with van der Waals surface area (Å²) in [5, 5.41) is 4.88. The highest BCUT2D eigenvalue weighted by Crippen LogP contribution is 2.32. The molecule has 2 heteroatoms. The van der Waals surface area contributed by atoms with Crippen molar-refractivity contribution in [2.75, 3.05) is 6.61 Å². The molecule has 0 radical (unpaired) electrons. The normalized spacial score (nSPS) is 12.4. The van der Waals surface area contributed by atoms with E-state index in [4.69, 9.17) is 4.74 Å². The third kappa shape index (κ3) is 4.91. The van der Waals surface area contributed by atoms with Crippen LogP contribution in [0.1, 0.15) is 31.4 Å². The summed E-state index contributed by atoms with van der Waals surface area (Å²) >= 11 is 0. The second-order valence-electron chi connectivity index (χ2n) is 9.29. The van der Waals surface area contributed by atoms with E-state index in [2.05, 4.69) is 128 Å². The van der Waals surface area contributed by atoms with Crippen molar-refractivity contribution in [1.29, 1.82) is 0 Å². The molecule has 5 aromatic rings. The molecular weight excluding hydrogens is 438 g/mol. The molecule has 1 unspecified atom stereocenters. The molecule has 0 amide bonds. The Kier molecular flexibility index (Phi) is 7.16. The van der Waals surface area contributed by atoms with E-state index in [0.717, 1.165) is 24.1 Å². The van der Waals surface area contributed by atoms with E-state index >= 15 is 0 Å². The van der Waals surface area contributed by atoms with E-state index < -0.39 is 0 Å². The smallest absolute Gasteiger partial charge is 0.0581 e. The van der Waals surface area contributed by atoms with Gasteiger partial charge < -0.3 is 9.72 Å². The monoisotopic (exact) mass is 471 g/mol. The summed E-state index contributed by atoms with van der Waals surface area (Å²) in [6, 6.07) is 34.7. The minimum atomic E-state index is 0.193. The van der Waals surface area contributed by atoms with Gasteiger partial charge in [0.2, 0.25) is 0 Å². The topological polar surface area (TPSA) is 25.0 Å². The van der Waals surface area contributed by atoms with Gasteiger partial charge in [-0.15, -0.1) is 0 Å². The number of aryl methyl sites for hydroxylation is 1. The quantitative estimate of drug-likeness (QED) is 0.262. The Bertz CT molecular complexity index is 1590. The molecule has 180 valence electrons. The highest BCUT2D eigenvalue weighted by molar-refractivity contribution is 6.08. The van der Waals surface area contributed by atoms with Gasteiger partial charge in [0, 0.05) is 28.4 Å². The average molecular weight is 472 g/mol. The molecule has 5 rings (SSSR count). The molecule has 0 spiro atoms. The lowest BCUT2D eigenvalue weighted by Crippen LogP contribution is -2.05. The van der Waals surface area contributed by atoms with Crippen LogP contribution in [0, 0.1) is 6.92 Å². The van der Waals surface area contributed by atoms with Gasteiger partial charge in [-0.05, 0) is 78.4 Å². The fourth-order valence-electron chi connectivity index (χ4n) is 4.99. The predicted octanol–water partition coefficient (Wildman–Crippen LogP) is 9.40. The van der Waals surface area contributed by atoms with Crippen molar-refractivity contribution >= 4 is 38.7 Å². The molecule has 0 saturated heterocycles. The zero-order chi connectivity index (χ0) is 24.9. The molecule has 2 nitrogen and oxygen atoms in total. The number of nitrogens with one attached hydrogen (secondary N) is 1. The van der Waals surface area contributed by atoms with Crippen LogP contribution in [0.2, 0.25) is 0 Å². The first kappa shape index (κ1) is 23.8. The van der Waals surface area contributed by atoms with Gasteiger partial charge in [0.1, 0.15) is 0 Å². The van der Waals surface area contributed by atoms with E-state index in [0.29, 0.717) is 0 Å². The Labute approximate surface area is 213 Å². The fraction of sp³-hybridized carbons (Fsp3) is 0.176. The first-order valence-electron chi connectivity index (χ1n) is 12.8. The summed E-state index contributed by atoms with van der Waals surface area (Å²) < 4.78 is 5.78. The van der Waals surface area contributed by atoms with Gasteiger partial charge in [-0.2, -0.15) is 0 Å². The van der Waals surface area contributed by atoms with Gasteiger partial charge in [0.05, 0.1) is 6.10 Å². The van der Waals surface area contributed by atoms with Crippen molar-refractivity contribution in [2.45, 2.75) is 33.3 Å². The number of para-hydroxylation sites is 1. The molecule has 1 heterocycles. The zero-order valence-electron chi connectivity index (χ0n) is 21.3. The first-order valence-corrected chi connectivity index (χ1v) is 12.8. The number of rotatable bonds is 6. The number of aromatic nitrogens is 1. The highest BCUT2D eigenvalue weighted by Gasteiger charge is 2.08. The summed E-state index contributed by atoms with van der Waals surface area (Å²) in [6.07, 6.45) is 5.61.